The van der Waals surface area contributed by atoms with Crippen LogP contribution in [-0.4, -0.2) is 31.7 Å². The zero-order valence-electron chi connectivity index (χ0n) is 12.4. The summed E-state index contributed by atoms with van der Waals surface area (Å²) in [6.45, 7) is 0.565. The van der Waals surface area contributed by atoms with E-state index in [2.05, 4.69) is 4.74 Å². The molecule has 0 saturated carbocycles. The lowest BCUT2D eigenvalue weighted by molar-refractivity contribution is -0.136. The summed E-state index contributed by atoms with van der Waals surface area (Å²) in [5.74, 6) is -8.23. The Morgan fingerprint density at radius 3 is 2.70 bits per heavy atom. The Hall–Kier alpha value is -1.89. The third-order valence-electron chi connectivity index (χ3n) is 4.47. The molecule has 1 fully saturated rings. The number of halogens is 4. The Morgan fingerprint density at radius 1 is 1.35 bits per heavy atom. The van der Waals surface area contributed by atoms with Crippen LogP contribution in [0.5, 0.6) is 0 Å². The molecule has 0 radical (unpaired) electrons. The summed E-state index contributed by atoms with van der Waals surface area (Å²) in [5.41, 5.74) is 0.186. The lowest BCUT2D eigenvalue weighted by Crippen LogP contribution is -2.28. The number of alkyl halides is 2. The fourth-order valence-electron chi connectivity index (χ4n) is 3.30. The summed E-state index contributed by atoms with van der Waals surface area (Å²) in [7, 11) is 1.13. The summed E-state index contributed by atoms with van der Waals surface area (Å²) in [6.07, 6.45) is 0.122. The van der Waals surface area contributed by atoms with Gasteiger partial charge in [0, 0.05) is 11.5 Å². The van der Waals surface area contributed by atoms with Crippen LogP contribution < -0.4 is 0 Å². The summed E-state index contributed by atoms with van der Waals surface area (Å²) >= 11 is 0. The molecular formula is C16H14F4O3. The van der Waals surface area contributed by atoms with Crippen LogP contribution in [0.1, 0.15) is 17.0 Å². The minimum Gasteiger partial charge on any atom is -0.466 e. The monoisotopic (exact) mass is 330 g/mol. The van der Waals surface area contributed by atoms with Crippen molar-refractivity contribution in [2.75, 3.05) is 13.7 Å². The number of benzene rings is 1. The maximum Gasteiger partial charge on any atom is 0.334 e. The van der Waals surface area contributed by atoms with Crippen LogP contribution in [0, 0.1) is 24.5 Å². The van der Waals surface area contributed by atoms with Crippen molar-refractivity contribution in [1.82, 2.24) is 0 Å². The normalized spacial score (nSPS) is 28.4. The largest absolute Gasteiger partial charge is 0.466 e. The molecular weight excluding hydrogens is 316 g/mol. The van der Waals surface area contributed by atoms with Crippen molar-refractivity contribution in [1.29, 1.82) is 0 Å². The van der Waals surface area contributed by atoms with Crippen molar-refractivity contribution in [3.63, 3.8) is 0 Å². The molecule has 0 amide bonds. The zero-order chi connectivity index (χ0) is 16.9. The van der Waals surface area contributed by atoms with Gasteiger partial charge in [-0.25, -0.2) is 22.4 Å². The van der Waals surface area contributed by atoms with Crippen molar-refractivity contribution < 1.29 is 31.8 Å². The first kappa shape index (κ1) is 16.0. The third-order valence-corrected chi connectivity index (χ3v) is 4.47. The van der Waals surface area contributed by atoms with Crippen LogP contribution in [0.4, 0.5) is 17.6 Å². The number of hydrogen-bond acceptors (Lipinski definition) is 3. The molecule has 3 rings (SSSR count). The number of fused-ring (bicyclic) bond motifs is 1. The molecule has 0 aromatic heterocycles. The molecule has 3 nitrogen and oxygen atoms in total. The van der Waals surface area contributed by atoms with Crippen LogP contribution in [0.3, 0.4) is 0 Å². The molecule has 1 aromatic rings. The fourth-order valence-corrected chi connectivity index (χ4v) is 3.30. The predicted molar refractivity (Wildman–Crippen MR) is 72.1 cm³/mol. The van der Waals surface area contributed by atoms with Gasteiger partial charge in [0.1, 0.15) is 6.61 Å². The number of ether oxygens (including phenoxy) is 2. The van der Waals surface area contributed by atoms with Gasteiger partial charge in [-0.05, 0) is 24.1 Å². The Kier molecular flexibility index (Phi) is 3.71. The number of esters is 1. The number of carbonyl (C=O) groups is 1. The summed E-state index contributed by atoms with van der Waals surface area (Å²) in [6, 6.07) is 2.20. The van der Waals surface area contributed by atoms with Gasteiger partial charge >= 0.3 is 5.97 Å². The fraction of sp³-hybridized carbons (Fsp3) is 0.438. The summed E-state index contributed by atoms with van der Waals surface area (Å²) < 4.78 is 64.8. The van der Waals surface area contributed by atoms with Gasteiger partial charge in [-0.15, -0.1) is 0 Å². The minimum absolute atomic E-state index is 0.0176. The molecule has 0 bridgehead atoms. The van der Waals surface area contributed by atoms with E-state index >= 15 is 0 Å². The molecule has 0 unspecified atom stereocenters. The lowest BCUT2D eigenvalue weighted by atomic mass is 9.85. The molecule has 0 spiro atoms. The Labute approximate surface area is 129 Å². The maximum atomic E-state index is 13.9. The molecule has 3 atom stereocenters. The molecule has 1 aromatic carbocycles. The number of hydrogen-bond donors (Lipinski definition) is 0. The van der Waals surface area contributed by atoms with E-state index in [1.165, 1.54) is 13.0 Å². The first-order chi connectivity index (χ1) is 10.8. The van der Waals surface area contributed by atoms with Crippen molar-refractivity contribution in [3.8, 4) is 0 Å². The van der Waals surface area contributed by atoms with Crippen molar-refractivity contribution in [2.45, 2.75) is 24.9 Å². The second-order valence-corrected chi connectivity index (χ2v) is 5.73. The molecule has 7 heteroatoms. The van der Waals surface area contributed by atoms with Gasteiger partial charge in [0.25, 0.3) is 5.92 Å². The molecule has 1 heterocycles. The van der Waals surface area contributed by atoms with E-state index in [9.17, 15) is 22.4 Å². The highest BCUT2D eigenvalue weighted by Gasteiger charge is 2.58. The minimum atomic E-state index is -3.12. The van der Waals surface area contributed by atoms with E-state index in [0.29, 0.717) is 0 Å². The highest BCUT2D eigenvalue weighted by atomic mass is 19.3. The quantitative estimate of drug-likeness (QED) is 0.617. The standard InChI is InChI=1S/C16H14F4O3/c1-7-8(3-4-11(17)13(7)18)12-9(15(21)22-2)5-10-14(12)23-6-16(10,19)20/h3-5,10,12,14H,6H2,1-2H3/t10-,12-,14-/m1/s1. The van der Waals surface area contributed by atoms with E-state index < -0.39 is 48.1 Å². The average molecular weight is 330 g/mol. The molecule has 2 aliphatic rings. The first-order valence-corrected chi connectivity index (χ1v) is 7.02. The van der Waals surface area contributed by atoms with E-state index in [-0.39, 0.29) is 16.7 Å². The molecule has 23 heavy (non-hydrogen) atoms. The number of rotatable bonds is 2. The number of carbonyl (C=O) groups excluding carboxylic acids is 1. The second-order valence-electron chi connectivity index (χ2n) is 5.73. The van der Waals surface area contributed by atoms with Gasteiger partial charge in [0.05, 0.1) is 19.1 Å². The molecule has 124 valence electrons. The van der Waals surface area contributed by atoms with Gasteiger partial charge in [-0.3, -0.25) is 0 Å². The van der Waals surface area contributed by atoms with Crippen LogP contribution in [0.25, 0.3) is 0 Å². The summed E-state index contributed by atoms with van der Waals surface area (Å²) in [4.78, 5) is 11.9. The number of methoxy groups -OCH3 is 1. The Bertz CT molecular complexity index is 699. The second kappa shape index (κ2) is 5.33. The Balaban J connectivity index is 2.12. The van der Waals surface area contributed by atoms with E-state index in [4.69, 9.17) is 4.74 Å². The van der Waals surface area contributed by atoms with Gasteiger partial charge in [-0.2, -0.15) is 0 Å². The Morgan fingerprint density at radius 2 is 2.04 bits per heavy atom. The highest BCUT2D eigenvalue weighted by Crippen LogP contribution is 2.51. The van der Waals surface area contributed by atoms with E-state index in [1.54, 1.807) is 0 Å². The SMILES string of the molecule is COC(=O)C1=C[C@@H]2[C@@H](OCC2(F)F)[C@@H]1c1ccc(F)c(F)c1C. The van der Waals surface area contributed by atoms with Gasteiger partial charge < -0.3 is 9.47 Å². The molecule has 1 aliphatic heterocycles. The maximum absolute atomic E-state index is 13.9. The lowest BCUT2D eigenvalue weighted by Gasteiger charge is -2.23. The third kappa shape index (κ3) is 2.34. The van der Waals surface area contributed by atoms with Crippen LogP contribution in [-0.2, 0) is 14.3 Å². The molecule has 1 saturated heterocycles. The van der Waals surface area contributed by atoms with Crippen molar-refractivity contribution >= 4 is 5.97 Å². The molecule has 1 aliphatic carbocycles. The van der Waals surface area contributed by atoms with Gasteiger partial charge in [-0.1, -0.05) is 12.1 Å². The van der Waals surface area contributed by atoms with E-state index in [0.717, 1.165) is 19.3 Å². The van der Waals surface area contributed by atoms with Crippen LogP contribution >= 0.6 is 0 Å². The van der Waals surface area contributed by atoms with Gasteiger partial charge in [0.2, 0.25) is 0 Å². The predicted octanol–water partition coefficient (Wildman–Crippen LogP) is 3.12. The van der Waals surface area contributed by atoms with Crippen molar-refractivity contribution in [2.24, 2.45) is 5.92 Å². The summed E-state index contributed by atoms with van der Waals surface area (Å²) in [5, 5.41) is 0. The van der Waals surface area contributed by atoms with Crippen LogP contribution in [0.2, 0.25) is 0 Å². The van der Waals surface area contributed by atoms with Gasteiger partial charge in [0.15, 0.2) is 11.6 Å². The molecule has 0 N–H and O–H groups in total. The van der Waals surface area contributed by atoms with Crippen LogP contribution in [0.15, 0.2) is 23.8 Å². The first-order valence-electron chi connectivity index (χ1n) is 7.02. The highest BCUT2D eigenvalue weighted by molar-refractivity contribution is 5.91. The van der Waals surface area contributed by atoms with E-state index in [1.807, 2.05) is 0 Å². The topological polar surface area (TPSA) is 35.5 Å². The zero-order valence-corrected chi connectivity index (χ0v) is 12.4. The smallest absolute Gasteiger partial charge is 0.334 e. The average Bonchev–Trinajstić information content (AvgIpc) is 3.03. The van der Waals surface area contributed by atoms with Crippen molar-refractivity contribution in [3.05, 3.63) is 46.5 Å².